The molecule has 1 N–H and O–H groups in total. The normalized spacial score (nSPS) is 35.9. The number of carbonyl (C=O) groups is 1. The molecular weight excluding hydrogens is 278 g/mol. The largest absolute Gasteiger partial charge is 0.344 e. The summed E-state index contributed by atoms with van der Waals surface area (Å²) in [5.41, 5.74) is -0.00323. The molecule has 1 amide bonds. The van der Waals surface area contributed by atoms with Gasteiger partial charge in [0.2, 0.25) is 5.82 Å². The van der Waals surface area contributed by atoms with Crippen molar-refractivity contribution >= 4 is 11.7 Å². The van der Waals surface area contributed by atoms with Gasteiger partial charge in [-0.25, -0.2) is 9.50 Å². The van der Waals surface area contributed by atoms with E-state index >= 15 is 0 Å². The molecule has 4 saturated carbocycles. The van der Waals surface area contributed by atoms with Crippen LogP contribution >= 0.6 is 0 Å². The molecule has 0 aliphatic heterocycles. The van der Waals surface area contributed by atoms with Crippen LogP contribution in [0.4, 0.5) is 0 Å². The second-order valence-corrected chi connectivity index (χ2v) is 7.45. The van der Waals surface area contributed by atoms with Crippen molar-refractivity contribution in [2.45, 2.75) is 44.1 Å². The molecule has 0 saturated heterocycles. The van der Waals surface area contributed by atoms with Gasteiger partial charge < -0.3 is 5.32 Å². The maximum absolute atomic E-state index is 12.6. The Balaban J connectivity index is 1.42. The number of nitrogens with one attached hydrogen (secondary N) is 1. The van der Waals surface area contributed by atoms with Gasteiger partial charge in [0.25, 0.3) is 11.7 Å². The number of amides is 1. The molecule has 2 heterocycles. The van der Waals surface area contributed by atoms with E-state index in [-0.39, 0.29) is 17.3 Å². The van der Waals surface area contributed by atoms with Crippen molar-refractivity contribution in [1.29, 1.82) is 0 Å². The zero-order chi connectivity index (χ0) is 14.7. The Kier molecular flexibility index (Phi) is 2.44. The van der Waals surface area contributed by atoms with Crippen molar-refractivity contribution in [2.24, 2.45) is 17.8 Å². The quantitative estimate of drug-likeness (QED) is 0.918. The molecular formula is C16H19N5O. The summed E-state index contributed by atoms with van der Waals surface area (Å²) in [6.07, 6.45) is 10.9. The minimum atomic E-state index is -0.146. The highest BCUT2D eigenvalue weighted by Gasteiger charge is 2.51. The van der Waals surface area contributed by atoms with Crippen molar-refractivity contribution < 1.29 is 4.79 Å². The van der Waals surface area contributed by atoms with E-state index in [1.54, 1.807) is 23.0 Å². The average Bonchev–Trinajstić information content (AvgIpc) is 2.89. The van der Waals surface area contributed by atoms with Gasteiger partial charge in [-0.1, -0.05) is 0 Å². The lowest BCUT2D eigenvalue weighted by Crippen LogP contribution is -2.60. The van der Waals surface area contributed by atoms with E-state index in [0.717, 1.165) is 37.0 Å². The summed E-state index contributed by atoms with van der Waals surface area (Å²) < 4.78 is 1.55. The minimum Gasteiger partial charge on any atom is -0.344 e. The van der Waals surface area contributed by atoms with Crippen molar-refractivity contribution in [3.8, 4) is 0 Å². The van der Waals surface area contributed by atoms with Gasteiger partial charge in [0.1, 0.15) is 0 Å². The fraction of sp³-hybridized carbons (Fsp3) is 0.625. The molecule has 6 nitrogen and oxygen atoms in total. The lowest BCUT2D eigenvalue weighted by Gasteiger charge is -2.56. The van der Waals surface area contributed by atoms with E-state index in [0.29, 0.717) is 5.78 Å². The first-order valence-electron chi connectivity index (χ1n) is 8.19. The second kappa shape index (κ2) is 4.27. The van der Waals surface area contributed by atoms with Gasteiger partial charge in [-0.2, -0.15) is 4.98 Å². The standard InChI is InChI=1S/C16H19N5O/c22-14(13-18-15-17-2-1-3-21(15)20-13)19-16-7-10-4-11(8-16)6-12(5-10)9-16/h1-3,10-12H,4-9H2,(H,19,22). The number of carbonyl (C=O) groups excluding carboxylic acids is 1. The molecule has 4 fully saturated rings. The van der Waals surface area contributed by atoms with Gasteiger partial charge in [-0.05, 0) is 62.3 Å². The van der Waals surface area contributed by atoms with Crippen LogP contribution in [0.2, 0.25) is 0 Å². The van der Waals surface area contributed by atoms with Gasteiger partial charge in [0, 0.05) is 17.9 Å². The molecule has 4 aliphatic carbocycles. The Bertz CT molecular complexity index is 684. The fourth-order valence-electron chi connectivity index (χ4n) is 5.39. The van der Waals surface area contributed by atoms with Gasteiger partial charge in [0.05, 0.1) is 0 Å². The summed E-state index contributed by atoms with van der Waals surface area (Å²) in [5, 5.41) is 7.54. The molecule has 0 atom stereocenters. The van der Waals surface area contributed by atoms with E-state index < -0.39 is 0 Å². The van der Waals surface area contributed by atoms with E-state index in [4.69, 9.17) is 0 Å². The van der Waals surface area contributed by atoms with E-state index in [2.05, 4.69) is 20.4 Å². The van der Waals surface area contributed by atoms with Gasteiger partial charge in [0.15, 0.2) is 0 Å². The van der Waals surface area contributed by atoms with Crippen molar-refractivity contribution in [3.63, 3.8) is 0 Å². The smallest absolute Gasteiger partial charge is 0.291 e. The molecule has 6 heteroatoms. The first kappa shape index (κ1) is 12.6. The molecule has 2 aromatic rings. The van der Waals surface area contributed by atoms with Crippen LogP contribution in [0.5, 0.6) is 0 Å². The highest BCUT2D eigenvalue weighted by Crippen LogP contribution is 2.55. The highest BCUT2D eigenvalue weighted by molar-refractivity contribution is 5.91. The third kappa shape index (κ3) is 1.86. The highest BCUT2D eigenvalue weighted by atomic mass is 16.2. The third-order valence-electron chi connectivity index (χ3n) is 5.74. The first-order chi connectivity index (χ1) is 10.7. The molecule has 0 aromatic carbocycles. The monoisotopic (exact) mass is 297 g/mol. The summed E-state index contributed by atoms with van der Waals surface area (Å²) in [6, 6.07) is 1.78. The summed E-state index contributed by atoms with van der Waals surface area (Å²) in [5.74, 6) is 2.98. The Morgan fingerprint density at radius 2 is 1.86 bits per heavy atom. The van der Waals surface area contributed by atoms with Gasteiger partial charge in [-0.15, -0.1) is 5.10 Å². The predicted molar refractivity (Wildman–Crippen MR) is 79.2 cm³/mol. The zero-order valence-corrected chi connectivity index (χ0v) is 12.4. The second-order valence-electron chi connectivity index (χ2n) is 7.45. The van der Waals surface area contributed by atoms with E-state index in [9.17, 15) is 4.79 Å². The summed E-state index contributed by atoms with van der Waals surface area (Å²) in [6.45, 7) is 0. The average molecular weight is 297 g/mol. The lowest BCUT2D eigenvalue weighted by atomic mass is 9.53. The molecule has 22 heavy (non-hydrogen) atoms. The Morgan fingerprint density at radius 1 is 1.18 bits per heavy atom. The van der Waals surface area contributed by atoms with Gasteiger partial charge >= 0.3 is 0 Å². The maximum Gasteiger partial charge on any atom is 0.291 e. The van der Waals surface area contributed by atoms with Crippen LogP contribution in [0.25, 0.3) is 5.78 Å². The molecule has 0 unspecified atom stereocenters. The molecule has 0 spiro atoms. The van der Waals surface area contributed by atoms with Crippen LogP contribution in [0.3, 0.4) is 0 Å². The Morgan fingerprint density at radius 3 is 2.50 bits per heavy atom. The minimum absolute atomic E-state index is 0.00323. The first-order valence-corrected chi connectivity index (χ1v) is 8.19. The third-order valence-corrected chi connectivity index (χ3v) is 5.74. The summed E-state index contributed by atoms with van der Waals surface area (Å²) in [7, 11) is 0. The number of fused-ring (bicyclic) bond motifs is 1. The molecule has 114 valence electrons. The number of hydrogen-bond acceptors (Lipinski definition) is 4. The zero-order valence-electron chi connectivity index (χ0n) is 12.4. The maximum atomic E-state index is 12.6. The van der Waals surface area contributed by atoms with E-state index in [1.807, 2.05) is 0 Å². The van der Waals surface area contributed by atoms with Crippen molar-refractivity contribution in [2.75, 3.05) is 0 Å². The summed E-state index contributed by atoms with van der Waals surface area (Å²) in [4.78, 5) is 21.0. The van der Waals surface area contributed by atoms with E-state index in [1.165, 1.54) is 19.3 Å². The molecule has 2 aromatic heterocycles. The van der Waals surface area contributed by atoms with Crippen molar-refractivity contribution in [3.05, 3.63) is 24.3 Å². The fourth-order valence-corrected chi connectivity index (χ4v) is 5.39. The SMILES string of the molecule is O=C(NC12CC3CC(CC(C3)C1)C2)c1nc2ncccn2n1. The summed E-state index contributed by atoms with van der Waals surface area (Å²) >= 11 is 0. The predicted octanol–water partition coefficient (Wildman–Crippen LogP) is 1.82. The van der Waals surface area contributed by atoms with Crippen LogP contribution in [0.15, 0.2) is 18.5 Å². The number of hydrogen-bond donors (Lipinski definition) is 1. The van der Waals surface area contributed by atoms with Crippen molar-refractivity contribution in [1.82, 2.24) is 24.9 Å². The van der Waals surface area contributed by atoms with Gasteiger partial charge in [-0.3, -0.25) is 4.79 Å². The van der Waals surface area contributed by atoms with Crippen LogP contribution < -0.4 is 5.32 Å². The number of rotatable bonds is 2. The lowest BCUT2D eigenvalue weighted by molar-refractivity contribution is -0.0168. The molecule has 4 bridgehead atoms. The topological polar surface area (TPSA) is 72.2 Å². The molecule has 4 aliphatic rings. The Hall–Kier alpha value is -1.98. The molecule has 6 rings (SSSR count). The van der Waals surface area contributed by atoms with Crippen LogP contribution in [-0.4, -0.2) is 31.0 Å². The number of nitrogens with zero attached hydrogens (tertiary/aromatic N) is 4. The van der Waals surface area contributed by atoms with Crippen LogP contribution in [0, 0.1) is 17.8 Å². The molecule has 0 radical (unpaired) electrons. The number of aromatic nitrogens is 4. The van der Waals surface area contributed by atoms with Crippen LogP contribution in [-0.2, 0) is 0 Å². The van der Waals surface area contributed by atoms with Crippen LogP contribution in [0.1, 0.15) is 49.1 Å². The Labute approximate surface area is 128 Å².